The summed E-state index contributed by atoms with van der Waals surface area (Å²) in [4.78, 5) is 23.2. The number of hydrogen-bond donors (Lipinski definition) is 3. The summed E-state index contributed by atoms with van der Waals surface area (Å²) in [5.74, 6) is -0.609. The van der Waals surface area contributed by atoms with Crippen molar-refractivity contribution in [3.05, 3.63) is 0 Å². The van der Waals surface area contributed by atoms with Crippen molar-refractivity contribution in [2.24, 2.45) is 11.3 Å². The molecule has 19 heavy (non-hydrogen) atoms. The molecule has 1 unspecified atom stereocenters. The fourth-order valence-corrected chi connectivity index (χ4v) is 1.51. The Kier molecular flexibility index (Phi) is 6.00. The van der Waals surface area contributed by atoms with Crippen LogP contribution in [0.2, 0.25) is 0 Å². The molecule has 5 nitrogen and oxygen atoms in total. The molecule has 0 aliphatic carbocycles. The first kappa shape index (κ1) is 17.9. The van der Waals surface area contributed by atoms with Crippen molar-refractivity contribution in [2.75, 3.05) is 6.54 Å². The number of carbonyl (C=O) groups is 2. The van der Waals surface area contributed by atoms with Crippen molar-refractivity contribution in [1.29, 1.82) is 0 Å². The van der Waals surface area contributed by atoms with E-state index < -0.39 is 23.0 Å². The Bertz CT molecular complexity index is 336. The van der Waals surface area contributed by atoms with Gasteiger partial charge in [0.1, 0.15) is 0 Å². The minimum Gasteiger partial charge on any atom is -0.481 e. The summed E-state index contributed by atoms with van der Waals surface area (Å²) in [6.07, 6.45) is 0. The van der Waals surface area contributed by atoms with Crippen LogP contribution in [0.25, 0.3) is 0 Å². The average Bonchev–Trinajstić information content (AvgIpc) is 2.24. The lowest BCUT2D eigenvalue weighted by Crippen LogP contribution is -2.60. The lowest BCUT2D eigenvalue weighted by Gasteiger charge is -2.40. The highest BCUT2D eigenvalue weighted by Gasteiger charge is 2.44. The third-order valence-corrected chi connectivity index (χ3v) is 3.75. The van der Waals surface area contributed by atoms with Crippen molar-refractivity contribution >= 4 is 11.9 Å². The van der Waals surface area contributed by atoms with E-state index in [2.05, 4.69) is 10.6 Å². The van der Waals surface area contributed by atoms with Crippen LogP contribution in [0.15, 0.2) is 0 Å². The highest BCUT2D eigenvalue weighted by Crippen LogP contribution is 2.31. The Hall–Kier alpha value is -1.10. The smallest absolute Gasteiger partial charge is 0.310 e. The number of carbonyl (C=O) groups excluding carboxylic acids is 1. The molecule has 0 aliphatic rings. The van der Waals surface area contributed by atoms with E-state index in [-0.39, 0.29) is 5.91 Å². The fraction of sp³-hybridized carbons (Fsp3) is 0.857. The minimum atomic E-state index is -0.973. The van der Waals surface area contributed by atoms with Crippen molar-refractivity contribution in [3.63, 3.8) is 0 Å². The van der Waals surface area contributed by atoms with E-state index in [1.54, 1.807) is 34.6 Å². The molecule has 0 saturated heterocycles. The molecule has 3 N–H and O–H groups in total. The second-order valence-corrected chi connectivity index (χ2v) is 6.56. The number of rotatable bonds is 7. The number of amides is 1. The van der Waals surface area contributed by atoms with Crippen LogP contribution in [0.1, 0.15) is 48.5 Å². The van der Waals surface area contributed by atoms with Gasteiger partial charge in [0, 0.05) is 12.1 Å². The topological polar surface area (TPSA) is 78.4 Å². The predicted molar refractivity (Wildman–Crippen MR) is 75.9 cm³/mol. The largest absolute Gasteiger partial charge is 0.481 e. The van der Waals surface area contributed by atoms with Crippen molar-refractivity contribution in [3.8, 4) is 0 Å². The van der Waals surface area contributed by atoms with Gasteiger partial charge in [0.05, 0.1) is 11.5 Å². The molecule has 0 aliphatic heterocycles. The van der Waals surface area contributed by atoms with Gasteiger partial charge in [-0.2, -0.15) is 0 Å². The molecule has 0 saturated carbocycles. The van der Waals surface area contributed by atoms with E-state index >= 15 is 0 Å². The number of aliphatic carboxylic acids is 1. The van der Waals surface area contributed by atoms with E-state index in [0.29, 0.717) is 12.5 Å². The van der Waals surface area contributed by atoms with Crippen LogP contribution >= 0.6 is 0 Å². The number of nitrogens with one attached hydrogen (secondary N) is 2. The normalized spacial score (nSPS) is 14.3. The van der Waals surface area contributed by atoms with Crippen LogP contribution in [0.3, 0.4) is 0 Å². The Morgan fingerprint density at radius 3 is 1.95 bits per heavy atom. The van der Waals surface area contributed by atoms with Gasteiger partial charge in [0.2, 0.25) is 5.91 Å². The zero-order valence-corrected chi connectivity index (χ0v) is 13.1. The average molecular weight is 272 g/mol. The van der Waals surface area contributed by atoms with Crippen molar-refractivity contribution < 1.29 is 14.7 Å². The second kappa shape index (κ2) is 6.37. The zero-order chi connectivity index (χ0) is 15.4. The van der Waals surface area contributed by atoms with E-state index in [1.807, 2.05) is 13.8 Å². The molecule has 0 spiro atoms. The molecular formula is C14H28N2O3. The van der Waals surface area contributed by atoms with E-state index in [9.17, 15) is 14.7 Å². The summed E-state index contributed by atoms with van der Waals surface area (Å²) >= 11 is 0. The maximum atomic E-state index is 11.9. The third kappa shape index (κ3) is 4.82. The molecule has 0 aromatic carbocycles. The lowest BCUT2D eigenvalue weighted by molar-refractivity contribution is -0.151. The molecule has 0 fully saturated rings. The first-order valence-electron chi connectivity index (χ1n) is 6.70. The Morgan fingerprint density at radius 2 is 1.58 bits per heavy atom. The van der Waals surface area contributed by atoms with Gasteiger partial charge < -0.3 is 10.4 Å². The molecule has 0 aromatic rings. The summed E-state index contributed by atoms with van der Waals surface area (Å²) < 4.78 is 0. The first-order chi connectivity index (χ1) is 8.41. The van der Waals surface area contributed by atoms with Gasteiger partial charge in [-0.15, -0.1) is 0 Å². The van der Waals surface area contributed by atoms with Crippen molar-refractivity contribution in [1.82, 2.24) is 10.6 Å². The molecule has 1 amide bonds. The van der Waals surface area contributed by atoms with Crippen molar-refractivity contribution in [2.45, 2.75) is 60.0 Å². The van der Waals surface area contributed by atoms with E-state index in [4.69, 9.17) is 0 Å². The third-order valence-electron chi connectivity index (χ3n) is 3.75. The molecule has 112 valence electrons. The quantitative estimate of drug-likeness (QED) is 0.658. The van der Waals surface area contributed by atoms with Crippen LogP contribution in [0, 0.1) is 11.3 Å². The van der Waals surface area contributed by atoms with Gasteiger partial charge >= 0.3 is 5.97 Å². The summed E-state index contributed by atoms with van der Waals surface area (Å²) in [5, 5.41) is 15.2. The highest BCUT2D eigenvalue weighted by atomic mass is 16.4. The van der Waals surface area contributed by atoms with Gasteiger partial charge in [-0.3, -0.25) is 14.9 Å². The molecular weight excluding hydrogens is 244 g/mol. The summed E-state index contributed by atoms with van der Waals surface area (Å²) in [6.45, 7) is 13.3. The summed E-state index contributed by atoms with van der Waals surface area (Å²) in [5.41, 5.74) is -1.67. The maximum absolute atomic E-state index is 11.9. The molecule has 1 atom stereocenters. The SMILES string of the molecule is CC(C)CNC(=O)C(C)NC(C)(C)C(C)(C)C(=O)O. The van der Waals surface area contributed by atoms with Crippen LogP contribution in [-0.2, 0) is 9.59 Å². The Morgan fingerprint density at radius 1 is 1.11 bits per heavy atom. The number of carboxylic acids is 1. The second-order valence-electron chi connectivity index (χ2n) is 6.56. The van der Waals surface area contributed by atoms with Gasteiger partial charge in [-0.05, 0) is 40.5 Å². The Balaban J connectivity index is 4.66. The standard InChI is InChI=1S/C14H28N2O3/c1-9(2)8-15-11(17)10(3)16-14(6,7)13(4,5)12(18)19/h9-10,16H,8H2,1-7H3,(H,15,17)(H,18,19). The van der Waals surface area contributed by atoms with Gasteiger partial charge in [-0.1, -0.05) is 13.8 Å². The van der Waals surface area contributed by atoms with Gasteiger partial charge in [-0.25, -0.2) is 0 Å². The predicted octanol–water partition coefficient (Wildman–Crippen LogP) is 1.63. The van der Waals surface area contributed by atoms with Gasteiger partial charge in [0.15, 0.2) is 0 Å². The molecule has 0 radical (unpaired) electrons. The van der Waals surface area contributed by atoms with E-state index in [1.165, 1.54) is 0 Å². The first-order valence-corrected chi connectivity index (χ1v) is 6.70. The summed E-state index contributed by atoms with van der Waals surface area (Å²) in [6, 6.07) is -0.438. The highest BCUT2D eigenvalue weighted by molar-refractivity contribution is 5.82. The fourth-order valence-electron chi connectivity index (χ4n) is 1.51. The van der Waals surface area contributed by atoms with E-state index in [0.717, 1.165) is 0 Å². The zero-order valence-electron chi connectivity index (χ0n) is 13.1. The maximum Gasteiger partial charge on any atom is 0.310 e. The van der Waals surface area contributed by atoms with Crippen LogP contribution < -0.4 is 10.6 Å². The van der Waals surface area contributed by atoms with Crippen LogP contribution in [0.5, 0.6) is 0 Å². The number of carboxylic acid groups (broad SMARTS) is 1. The monoisotopic (exact) mass is 272 g/mol. The van der Waals surface area contributed by atoms with Crippen LogP contribution in [0.4, 0.5) is 0 Å². The summed E-state index contributed by atoms with van der Waals surface area (Å²) in [7, 11) is 0. The molecule has 0 aromatic heterocycles. The minimum absolute atomic E-state index is 0.108. The Labute approximate surface area is 116 Å². The van der Waals surface area contributed by atoms with Crippen LogP contribution in [-0.4, -0.2) is 35.1 Å². The molecule has 0 rings (SSSR count). The molecule has 5 heteroatoms. The molecule has 0 bridgehead atoms. The molecule has 0 heterocycles. The number of hydrogen-bond acceptors (Lipinski definition) is 3. The van der Waals surface area contributed by atoms with Gasteiger partial charge in [0.25, 0.3) is 0 Å². The lowest BCUT2D eigenvalue weighted by atomic mass is 9.74.